The number of fused-ring (bicyclic) bond motifs is 10. The van der Waals surface area contributed by atoms with Gasteiger partial charge in [-0.3, -0.25) is 0 Å². The maximum Gasteiger partial charge on any atom is 0.252 e. The molecule has 1 aromatic heterocycles. The maximum absolute atomic E-state index is 2.85. The topological polar surface area (TPSA) is 8.17 Å². The van der Waals surface area contributed by atoms with Gasteiger partial charge in [-0.15, -0.1) is 0 Å². The Morgan fingerprint density at radius 2 is 1.55 bits per heavy atom. The van der Waals surface area contributed by atoms with Crippen LogP contribution < -0.4 is 21.3 Å². The predicted molar refractivity (Wildman–Crippen MR) is 172 cm³/mol. The van der Waals surface area contributed by atoms with E-state index in [0.717, 1.165) is 0 Å². The van der Waals surface area contributed by atoms with Crippen molar-refractivity contribution < 1.29 is 0 Å². The number of benzene rings is 4. The van der Waals surface area contributed by atoms with Crippen LogP contribution in [-0.4, -0.2) is 16.8 Å². The molecule has 2 nitrogen and oxygen atoms in total. The van der Waals surface area contributed by atoms with E-state index in [1.54, 1.807) is 5.56 Å². The molecule has 3 heteroatoms. The Balaban J connectivity index is 1.51. The van der Waals surface area contributed by atoms with E-state index >= 15 is 0 Å². The second-order valence-electron chi connectivity index (χ2n) is 14.6. The maximum atomic E-state index is 2.85. The van der Waals surface area contributed by atoms with E-state index in [4.69, 9.17) is 0 Å². The minimum Gasteiger partial charge on any atom is -0.335 e. The van der Waals surface area contributed by atoms with Crippen LogP contribution in [0, 0.1) is 6.92 Å². The van der Waals surface area contributed by atoms with Gasteiger partial charge in [-0.2, -0.15) is 0 Å². The van der Waals surface area contributed by atoms with Crippen molar-refractivity contribution in [2.24, 2.45) is 0 Å². The summed E-state index contributed by atoms with van der Waals surface area (Å²) in [6.45, 7) is 14.9. The summed E-state index contributed by atoms with van der Waals surface area (Å²) in [6.07, 6.45) is 5.13. The van der Waals surface area contributed by atoms with Crippen LogP contribution >= 0.6 is 0 Å². The first-order chi connectivity index (χ1) is 19.1. The minimum atomic E-state index is 0.0659. The highest BCUT2D eigenvalue weighted by Gasteiger charge is 2.61. The number of anilines is 2. The first-order valence-electron chi connectivity index (χ1n) is 15.3. The lowest BCUT2D eigenvalue weighted by Crippen LogP contribution is -2.64. The molecule has 2 unspecified atom stereocenters. The molecule has 4 heterocycles. The first kappa shape index (κ1) is 23.3. The SMILES string of the molecule is Cc1cc2c3c(c1)-n1c4ccccc4c4cccc(c41)B3c1cc(C(C)(C)C)cc3c1N2C1(C)CCCCC31C. The summed E-state index contributed by atoms with van der Waals surface area (Å²) in [5, 5.41) is 2.73. The van der Waals surface area contributed by atoms with E-state index in [-0.39, 0.29) is 23.1 Å². The largest absolute Gasteiger partial charge is 0.335 e. The van der Waals surface area contributed by atoms with Crippen LogP contribution in [0.15, 0.2) is 66.7 Å². The van der Waals surface area contributed by atoms with Crippen molar-refractivity contribution in [1.29, 1.82) is 0 Å². The van der Waals surface area contributed by atoms with Crippen LogP contribution in [-0.2, 0) is 10.8 Å². The lowest BCUT2D eigenvalue weighted by molar-refractivity contribution is 0.195. The summed E-state index contributed by atoms with van der Waals surface area (Å²) < 4.78 is 2.60. The van der Waals surface area contributed by atoms with Gasteiger partial charge in [0.1, 0.15) is 0 Å². The molecule has 9 rings (SSSR count). The molecule has 1 fully saturated rings. The number of nitrogens with zero attached hydrogens (tertiary/aromatic N) is 2. The first-order valence-corrected chi connectivity index (χ1v) is 15.3. The standard InChI is InChI=1S/C37H37BN2/c1-22-18-30-32-31(19-22)40-34-26(36(5)16-9-10-17-37(36,40)6)20-23(35(2,3)4)21-28(34)38(32)27-14-11-13-25-24-12-7-8-15-29(24)39(30)33(25)27/h7-8,11-15,18-21H,9-10,16-17H2,1-6H3. The third kappa shape index (κ3) is 2.47. The number of aryl methyl sites for hydroxylation is 1. The summed E-state index contributed by atoms with van der Waals surface area (Å²) in [6, 6.07) is 26.3. The molecule has 0 spiro atoms. The Morgan fingerprint density at radius 1 is 0.800 bits per heavy atom. The highest BCUT2D eigenvalue weighted by molar-refractivity contribution is 7.00. The fourth-order valence-electron chi connectivity index (χ4n) is 9.32. The van der Waals surface area contributed by atoms with Gasteiger partial charge in [0.25, 0.3) is 6.71 Å². The predicted octanol–water partition coefficient (Wildman–Crippen LogP) is 7.27. The molecule has 3 aliphatic heterocycles. The molecule has 4 aromatic carbocycles. The Morgan fingerprint density at radius 3 is 2.38 bits per heavy atom. The van der Waals surface area contributed by atoms with Gasteiger partial charge in [0, 0.05) is 38.8 Å². The van der Waals surface area contributed by atoms with Gasteiger partial charge in [-0.1, -0.05) is 89.1 Å². The number of hydrogen-bond donors (Lipinski definition) is 0. The average molecular weight is 521 g/mol. The average Bonchev–Trinajstić information content (AvgIpc) is 3.37. The molecule has 198 valence electrons. The van der Waals surface area contributed by atoms with Gasteiger partial charge in [0.15, 0.2) is 0 Å². The van der Waals surface area contributed by atoms with Gasteiger partial charge in [0.2, 0.25) is 0 Å². The number of para-hydroxylation sites is 2. The van der Waals surface area contributed by atoms with E-state index in [9.17, 15) is 0 Å². The molecule has 40 heavy (non-hydrogen) atoms. The molecular weight excluding hydrogens is 483 g/mol. The van der Waals surface area contributed by atoms with Crippen LogP contribution in [0.5, 0.6) is 0 Å². The van der Waals surface area contributed by atoms with Crippen LogP contribution in [0.4, 0.5) is 11.4 Å². The molecule has 2 atom stereocenters. The van der Waals surface area contributed by atoms with Gasteiger partial charge in [-0.25, -0.2) is 0 Å². The zero-order valence-corrected chi connectivity index (χ0v) is 24.7. The van der Waals surface area contributed by atoms with Crippen molar-refractivity contribution in [2.75, 3.05) is 4.90 Å². The molecule has 1 saturated carbocycles. The summed E-state index contributed by atoms with van der Waals surface area (Å²) in [5.74, 6) is 0. The monoisotopic (exact) mass is 520 g/mol. The van der Waals surface area contributed by atoms with Gasteiger partial charge in [0.05, 0.1) is 11.1 Å². The van der Waals surface area contributed by atoms with E-state index in [0.29, 0.717) is 0 Å². The summed E-state index contributed by atoms with van der Waals surface area (Å²) in [5.41, 5.74) is 16.3. The summed E-state index contributed by atoms with van der Waals surface area (Å²) >= 11 is 0. The third-order valence-corrected chi connectivity index (χ3v) is 11.5. The zero-order valence-electron chi connectivity index (χ0n) is 24.7. The second kappa shape index (κ2) is 7.05. The van der Waals surface area contributed by atoms with Crippen LogP contribution in [0.3, 0.4) is 0 Å². The Kier molecular flexibility index (Phi) is 4.10. The minimum absolute atomic E-state index is 0.0659. The van der Waals surface area contributed by atoms with E-state index in [1.807, 2.05) is 0 Å². The molecule has 0 bridgehead atoms. The third-order valence-electron chi connectivity index (χ3n) is 11.5. The molecular formula is C37H37BN2. The van der Waals surface area contributed by atoms with Crippen molar-refractivity contribution in [1.82, 2.24) is 4.57 Å². The van der Waals surface area contributed by atoms with Crippen molar-refractivity contribution in [3.8, 4) is 5.69 Å². The molecule has 0 amide bonds. The molecule has 1 aliphatic carbocycles. The molecule has 0 N–H and O–H groups in total. The smallest absolute Gasteiger partial charge is 0.252 e. The van der Waals surface area contributed by atoms with Crippen molar-refractivity contribution in [2.45, 2.75) is 83.6 Å². The number of hydrogen-bond acceptors (Lipinski definition) is 1. The van der Waals surface area contributed by atoms with E-state index in [1.165, 1.54) is 92.1 Å². The normalized spacial score (nSPS) is 23.9. The summed E-state index contributed by atoms with van der Waals surface area (Å²) in [7, 11) is 0. The van der Waals surface area contributed by atoms with Gasteiger partial charge in [-0.05, 0) is 83.4 Å². The van der Waals surface area contributed by atoms with Crippen molar-refractivity contribution >= 4 is 56.3 Å². The van der Waals surface area contributed by atoms with E-state index in [2.05, 4.69) is 118 Å². The number of rotatable bonds is 0. The van der Waals surface area contributed by atoms with Crippen LogP contribution in [0.2, 0.25) is 0 Å². The highest BCUT2D eigenvalue weighted by Crippen LogP contribution is 2.61. The second-order valence-corrected chi connectivity index (χ2v) is 14.6. The molecule has 0 radical (unpaired) electrons. The Bertz CT molecular complexity index is 1960. The van der Waals surface area contributed by atoms with Crippen molar-refractivity contribution in [3.63, 3.8) is 0 Å². The quantitative estimate of drug-likeness (QED) is 0.191. The lowest BCUT2D eigenvalue weighted by atomic mass is 9.33. The Labute approximate surface area is 238 Å². The Hall–Kier alpha value is -3.46. The summed E-state index contributed by atoms with van der Waals surface area (Å²) in [4.78, 5) is 2.85. The lowest BCUT2D eigenvalue weighted by Gasteiger charge is -2.52. The van der Waals surface area contributed by atoms with Gasteiger partial charge < -0.3 is 9.47 Å². The fourth-order valence-corrected chi connectivity index (χ4v) is 9.32. The van der Waals surface area contributed by atoms with Crippen LogP contribution in [0.1, 0.15) is 77.0 Å². The zero-order chi connectivity index (χ0) is 27.3. The fraction of sp³-hybridized carbons (Fsp3) is 0.351. The van der Waals surface area contributed by atoms with Crippen LogP contribution in [0.25, 0.3) is 27.5 Å². The molecule has 5 aromatic rings. The van der Waals surface area contributed by atoms with Crippen molar-refractivity contribution in [3.05, 3.63) is 83.4 Å². The van der Waals surface area contributed by atoms with E-state index < -0.39 is 0 Å². The van der Waals surface area contributed by atoms with Gasteiger partial charge >= 0.3 is 0 Å². The molecule has 0 saturated heterocycles. The molecule has 4 aliphatic rings. The highest BCUT2D eigenvalue weighted by atomic mass is 15.3. The number of aromatic nitrogens is 1.